The van der Waals surface area contributed by atoms with Crippen molar-refractivity contribution in [2.24, 2.45) is 11.5 Å². The van der Waals surface area contributed by atoms with E-state index >= 15 is 0 Å². The number of sulfonamides is 1. The van der Waals surface area contributed by atoms with Crippen molar-refractivity contribution in [1.29, 1.82) is 0 Å². The number of primary amides is 2. The zero-order valence-corrected chi connectivity index (χ0v) is 18.3. The lowest BCUT2D eigenvalue weighted by Gasteiger charge is -2.44. The third-order valence-corrected chi connectivity index (χ3v) is 7.66. The number of pyridine rings is 1. The number of piperazine rings is 1. The lowest BCUT2D eigenvalue weighted by atomic mass is 9.95. The molecule has 3 amide bonds. The molecule has 2 atom stereocenters. The lowest BCUT2D eigenvalue weighted by Crippen LogP contribution is -2.67. The summed E-state index contributed by atoms with van der Waals surface area (Å²) < 4.78 is 41.8. The summed E-state index contributed by atoms with van der Waals surface area (Å²) in [5, 5.41) is 0.618. The van der Waals surface area contributed by atoms with Gasteiger partial charge in [0.2, 0.25) is 15.9 Å². The molecule has 2 heterocycles. The van der Waals surface area contributed by atoms with E-state index in [4.69, 9.17) is 11.5 Å². The molecule has 11 heteroatoms. The molecule has 1 fully saturated rings. The molecule has 1 saturated heterocycles. The zero-order chi connectivity index (χ0) is 23.8. The van der Waals surface area contributed by atoms with Gasteiger partial charge in [-0.25, -0.2) is 17.6 Å². The molecule has 0 spiro atoms. The Hall–Kier alpha value is -3.57. The summed E-state index contributed by atoms with van der Waals surface area (Å²) in [6.45, 7) is -0.218. The number of fused-ring (bicyclic) bond motifs is 1. The molecule has 2 unspecified atom stereocenters. The summed E-state index contributed by atoms with van der Waals surface area (Å²) in [6, 6.07) is 10.5. The van der Waals surface area contributed by atoms with Crippen LogP contribution in [0.15, 0.2) is 65.7 Å². The Balaban J connectivity index is 1.80. The summed E-state index contributed by atoms with van der Waals surface area (Å²) >= 11 is 0. The molecule has 0 radical (unpaired) electrons. The molecule has 0 saturated carbocycles. The fourth-order valence-electron chi connectivity index (χ4n) is 4.24. The Labute approximate surface area is 189 Å². The van der Waals surface area contributed by atoms with Crippen LogP contribution in [0.4, 0.5) is 9.18 Å². The number of hydrogen-bond acceptors (Lipinski definition) is 5. The summed E-state index contributed by atoms with van der Waals surface area (Å²) in [6.07, 6.45) is 1.53. The van der Waals surface area contributed by atoms with E-state index in [9.17, 15) is 22.4 Å². The van der Waals surface area contributed by atoms with Crippen LogP contribution in [0.25, 0.3) is 10.9 Å². The molecule has 1 aliphatic heterocycles. The predicted molar refractivity (Wildman–Crippen MR) is 119 cm³/mol. The summed E-state index contributed by atoms with van der Waals surface area (Å²) in [7, 11) is -4.23. The number of nitrogens with two attached hydrogens (primary N) is 2. The molecule has 1 aromatic heterocycles. The van der Waals surface area contributed by atoms with Crippen LogP contribution in [0.2, 0.25) is 0 Å². The highest BCUT2D eigenvalue weighted by Gasteiger charge is 2.47. The monoisotopic (exact) mass is 471 g/mol. The number of amides is 3. The van der Waals surface area contributed by atoms with E-state index in [1.165, 1.54) is 41.4 Å². The zero-order valence-electron chi connectivity index (χ0n) is 17.5. The third-order valence-electron chi connectivity index (χ3n) is 5.75. The Kier molecular flexibility index (Phi) is 6.00. The van der Waals surface area contributed by atoms with Crippen molar-refractivity contribution in [2.75, 3.05) is 13.1 Å². The lowest BCUT2D eigenvalue weighted by molar-refractivity contribution is -0.124. The third kappa shape index (κ3) is 4.24. The van der Waals surface area contributed by atoms with Gasteiger partial charge in [0, 0.05) is 24.7 Å². The van der Waals surface area contributed by atoms with Gasteiger partial charge in [-0.2, -0.15) is 4.31 Å². The smallest absolute Gasteiger partial charge is 0.315 e. The van der Waals surface area contributed by atoms with Crippen molar-refractivity contribution < 1.29 is 22.4 Å². The van der Waals surface area contributed by atoms with Crippen molar-refractivity contribution in [1.82, 2.24) is 14.2 Å². The van der Waals surface area contributed by atoms with Crippen LogP contribution in [-0.2, 0) is 21.2 Å². The maximum atomic E-state index is 13.7. The first-order chi connectivity index (χ1) is 15.7. The molecular formula is C22H22FN5O4S. The highest BCUT2D eigenvalue weighted by atomic mass is 32.2. The van der Waals surface area contributed by atoms with Gasteiger partial charge in [0.25, 0.3) is 0 Å². The van der Waals surface area contributed by atoms with Gasteiger partial charge in [0.1, 0.15) is 16.8 Å². The van der Waals surface area contributed by atoms with Gasteiger partial charge in [0.15, 0.2) is 0 Å². The first kappa shape index (κ1) is 22.6. The van der Waals surface area contributed by atoms with Crippen molar-refractivity contribution in [2.45, 2.75) is 23.4 Å². The predicted octanol–water partition coefficient (Wildman–Crippen LogP) is 1.22. The molecule has 9 nitrogen and oxygen atoms in total. The van der Waals surface area contributed by atoms with Gasteiger partial charge >= 0.3 is 6.03 Å². The van der Waals surface area contributed by atoms with E-state index in [0.717, 1.165) is 4.31 Å². The first-order valence-electron chi connectivity index (χ1n) is 10.2. The van der Waals surface area contributed by atoms with Crippen LogP contribution in [0, 0.1) is 5.82 Å². The number of nitrogens with zero attached hydrogens (tertiary/aromatic N) is 3. The molecule has 33 heavy (non-hydrogen) atoms. The largest absolute Gasteiger partial charge is 0.368 e. The molecule has 0 bridgehead atoms. The number of para-hydroxylation sites is 1. The average Bonchev–Trinajstić information content (AvgIpc) is 2.79. The second-order valence-electron chi connectivity index (χ2n) is 7.72. The quantitative estimate of drug-likeness (QED) is 0.576. The molecule has 172 valence electrons. The molecule has 4 rings (SSSR count). The van der Waals surface area contributed by atoms with Crippen molar-refractivity contribution >= 4 is 32.9 Å². The van der Waals surface area contributed by atoms with Gasteiger partial charge in [-0.1, -0.05) is 30.3 Å². The van der Waals surface area contributed by atoms with Crippen molar-refractivity contribution in [3.05, 3.63) is 72.2 Å². The number of hydrogen-bond donors (Lipinski definition) is 2. The summed E-state index contributed by atoms with van der Waals surface area (Å²) in [5.74, 6) is -1.38. The fraction of sp³-hybridized carbons (Fsp3) is 0.227. The van der Waals surface area contributed by atoms with Crippen LogP contribution in [0.5, 0.6) is 0 Å². The van der Waals surface area contributed by atoms with Crippen LogP contribution in [0.3, 0.4) is 0 Å². The molecule has 2 aromatic carbocycles. The van der Waals surface area contributed by atoms with Crippen LogP contribution < -0.4 is 11.5 Å². The van der Waals surface area contributed by atoms with Gasteiger partial charge in [-0.3, -0.25) is 9.78 Å². The minimum absolute atomic E-state index is 0.0393. The highest BCUT2D eigenvalue weighted by Crippen LogP contribution is 2.30. The molecule has 1 aliphatic rings. The van der Waals surface area contributed by atoms with Crippen molar-refractivity contribution in [3.63, 3.8) is 0 Å². The standard InChI is InChI=1S/C22H22FN5O4S/c23-16-8-6-14(7-9-16)13-17-20(21(24)29)28(12-11-27(17)22(25)30)33(31,32)18-5-1-3-15-4-2-10-26-19(15)18/h1-10,17,20H,11-13H2,(H2,24,29)(H2,25,30). The van der Waals surface area contributed by atoms with E-state index in [1.807, 2.05) is 0 Å². The van der Waals surface area contributed by atoms with E-state index in [0.29, 0.717) is 10.9 Å². The molecule has 0 aliphatic carbocycles. The summed E-state index contributed by atoms with van der Waals surface area (Å²) in [4.78, 5) is 30.1. The molecule has 4 N–H and O–H groups in total. The topological polar surface area (TPSA) is 140 Å². The number of rotatable bonds is 5. The Morgan fingerprint density at radius 3 is 2.39 bits per heavy atom. The summed E-state index contributed by atoms with van der Waals surface area (Å²) in [5.41, 5.74) is 12.1. The number of carbonyl (C=O) groups is 2. The van der Waals surface area contributed by atoms with Gasteiger partial charge < -0.3 is 16.4 Å². The van der Waals surface area contributed by atoms with E-state index < -0.39 is 39.9 Å². The van der Waals surface area contributed by atoms with E-state index in [2.05, 4.69) is 4.98 Å². The van der Waals surface area contributed by atoms with Gasteiger partial charge in [-0.05, 0) is 36.2 Å². The van der Waals surface area contributed by atoms with E-state index in [-0.39, 0.29) is 29.9 Å². The number of halogens is 1. The Morgan fingerprint density at radius 2 is 1.73 bits per heavy atom. The number of benzene rings is 2. The Morgan fingerprint density at radius 1 is 1.03 bits per heavy atom. The first-order valence-corrected chi connectivity index (χ1v) is 11.6. The second kappa shape index (κ2) is 8.75. The minimum Gasteiger partial charge on any atom is -0.368 e. The molecular weight excluding hydrogens is 449 g/mol. The minimum atomic E-state index is -4.23. The SMILES string of the molecule is NC(=O)C1C(Cc2ccc(F)cc2)N(C(N)=O)CCN1S(=O)(=O)c1cccc2cccnc12. The maximum Gasteiger partial charge on any atom is 0.315 e. The maximum absolute atomic E-state index is 13.7. The van der Waals surface area contributed by atoms with Crippen LogP contribution in [-0.4, -0.2) is 59.7 Å². The normalized spacial score (nSPS) is 19.5. The Bertz CT molecular complexity index is 1310. The fourth-order valence-corrected chi connectivity index (χ4v) is 6.03. The average molecular weight is 472 g/mol. The number of urea groups is 1. The van der Waals surface area contributed by atoms with Gasteiger partial charge in [0.05, 0.1) is 11.6 Å². The van der Waals surface area contributed by atoms with E-state index in [1.54, 1.807) is 24.3 Å². The second-order valence-corrected chi connectivity index (χ2v) is 9.58. The highest BCUT2D eigenvalue weighted by molar-refractivity contribution is 7.89. The van der Waals surface area contributed by atoms with Crippen LogP contribution >= 0.6 is 0 Å². The van der Waals surface area contributed by atoms with Crippen LogP contribution in [0.1, 0.15) is 5.56 Å². The number of aromatic nitrogens is 1. The molecule has 3 aromatic rings. The van der Waals surface area contributed by atoms with Gasteiger partial charge in [-0.15, -0.1) is 0 Å². The number of carbonyl (C=O) groups excluding carboxylic acids is 2. The van der Waals surface area contributed by atoms with Crippen molar-refractivity contribution in [3.8, 4) is 0 Å².